The molecule has 0 aromatic rings. The predicted molar refractivity (Wildman–Crippen MR) is 65.1 cm³/mol. The number of methoxy groups -OCH3 is 1. The molecule has 0 aromatic heterocycles. The van der Waals surface area contributed by atoms with Gasteiger partial charge in [-0.1, -0.05) is 0 Å². The molecule has 1 heterocycles. The maximum Gasteiger partial charge on any atom is 0.249 e. The van der Waals surface area contributed by atoms with Crippen LogP contribution in [0.1, 0.15) is 0 Å². The number of amides is 2. The Hall–Kier alpha value is -1.18. The Balaban J connectivity index is 2.44. The van der Waals surface area contributed by atoms with Gasteiger partial charge >= 0.3 is 0 Å². The van der Waals surface area contributed by atoms with Crippen molar-refractivity contribution in [1.29, 1.82) is 0 Å². The molecule has 0 aromatic carbocycles. The summed E-state index contributed by atoms with van der Waals surface area (Å²) < 4.78 is 10.0. The first-order chi connectivity index (χ1) is 8.70. The number of hydrogen-bond acceptors (Lipinski definition) is 5. The van der Waals surface area contributed by atoms with Gasteiger partial charge in [-0.3, -0.25) is 9.59 Å². The number of rotatable bonds is 6. The first-order valence-electron chi connectivity index (χ1n) is 5.99. The van der Waals surface area contributed by atoms with Crippen molar-refractivity contribution in [3.8, 4) is 0 Å². The molecule has 1 atom stereocenters. The molecular formula is C11H21N3O4. The van der Waals surface area contributed by atoms with E-state index in [0.29, 0.717) is 32.8 Å². The molecule has 1 fully saturated rings. The number of carbonyl (C=O) groups excluding carboxylic acids is 2. The smallest absolute Gasteiger partial charge is 0.249 e. The van der Waals surface area contributed by atoms with Crippen LogP contribution in [0.3, 0.4) is 0 Å². The van der Waals surface area contributed by atoms with E-state index in [4.69, 9.17) is 9.47 Å². The number of hydrogen-bond donors (Lipinski definition) is 2. The van der Waals surface area contributed by atoms with Crippen molar-refractivity contribution in [2.45, 2.75) is 6.04 Å². The maximum atomic E-state index is 11.9. The minimum Gasteiger partial charge on any atom is -0.382 e. The molecule has 0 saturated carbocycles. The lowest BCUT2D eigenvalue weighted by molar-refractivity contribution is -0.145. The molecule has 1 saturated heterocycles. The molecule has 1 aliphatic rings. The van der Waals surface area contributed by atoms with Gasteiger partial charge in [-0.2, -0.15) is 0 Å². The predicted octanol–water partition coefficient (Wildman–Crippen LogP) is -1.80. The third-order valence-electron chi connectivity index (χ3n) is 2.77. The third-order valence-corrected chi connectivity index (χ3v) is 2.77. The fraction of sp³-hybridized carbons (Fsp3) is 0.818. The molecule has 0 bridgehead atoms. The lowest BCUT2D eigenvalue weighted by Gasteiger charge is -2.34. The molecule has 0 spiro atoms. The van der Waals surface area contributed by atoms with Crippen LogP contribution in [0.15, 0.2) is 0 Å². The van der Waals surface area contributed by atoms with Gasteiger partial charge in [0.15, 0.2) is 0 Å². The number of piperazine rings is 1. The van der Waals surface area contributed by atoms with Gasteiger partial charge in [0.05, 0.1) is 13.2 Å². The Bertz CT molecular complexity index is 285. The van der Waals surface area contributed by atoms with Crippen LogP contribution < -0.4 is 10.6 Å². The SMILES string of the molecule is CNC(=O)C1CNCCN1C(=O)COCCOC. The van der Waals surface area contributed by atoms with Crippen molar-refractivity contribution in [2.24, 2.45) is 0 Å². The average Bonchev–Trinajstić information content (AvgIpc) is 2.42. The van der Waals surface area contributed by atoms with E-state index in [2.05, 4.69) is 10.6 Å². The van der Waals surface area contributed by atoms with Crippen LogP contribution in [0.5, 0.6) is 0 Å². The monoisotopic (exact) mass is 259 g/mol. The second kappa shape index (κ2) is 8.02. The van der Waals surface area contributed by atoms with E-state index in [-0.39, 0.29) is 18.4 Å². The van der Waals surface area contributed by atoms with Crippen LogP contribution in [0.25, 0.3) is 0 Å². The molecule has 18 heavy (non-hydrogen) atoms. The van der Waals surface area contributed by atoms with Gasteiger partial charge in [0.25, 0.3) is 0 Å². The molecule has 7 heteroatoms. The van der Waals surface area contributed by atoms with Gasteiger partial charge in [0, 0.05) is 33.8 Å². The van der Waals surface area contributed by atoms with E-state index in [1.165, 1.54) is 0 Å². The minimum atomic E-state index is -0.456. The standard InChI is InChI=1S/C11H21N3O4/c1-12-11(16)9-7-13-3-4-14(9)10(15)8-18-6-5-17-2/h9,13H,3-8H2,1-2H3,(H,12,16). The van der Waals surface area contributed by atoms with Crippen LogP contribution >= 0.6 is 0 Å². The Morgan fingerprint density at radius 2 is 2.22 bits per heavy atom. The van der Waals surface area contributed by atoms with Gasteiger partial charge in [0.2, 0.25) is 11.8 Å². The first-order valence-corrected chi connectivity index (χ1v) is 5.99. The summed E-state index contributed by atoms with van der Waals surface area (Å²) in [6.07, 6.45) is 0. The lowest BCUT2D eigenvalue weighted by Crippen LogP contribution is -2.59. The van der Waals surface area contributed by atoms with Gasteiger partial charge < -0.3 is 25.0 Å². The minimum absolute atomic E-state index is 0.0170. The number of likely N-dealkylation sites (N-methyl/N-ethyl adjacent to an activating group) is 1. The highest BCUT2D eigenvalue weighted by atomic mass is 16.5. The van der Waals surface area contributed by atoms with Crippen molar-refractivity contribution < 1.29 is 19.1 Å². The number of carbonyl (C=O) groups is 2. The zero-order valence-corrected chi connectivity index (χ0v) is 10.9. The van der Waals surface area contributed by atoms with Crippen molar-refractivity contribution in [2.75, 3.05) is 53.6 Å². The van der Waals surface area contributed by atoms with Gasteiger partial charge in [-0.15, -0.1) is 0 Å². The van der Waals surface area contributed by atoms with E-state index < -0.39 is 6.04 Å². The topological polar surface area (TPSA) is 79.9 Å². The van der Waals surface area contributed by atoms with Crippen molar-refractivity contribution in [1.82, 2.24) is 15.5 Å². The summed E-state index contributed by atoms with van der Waals surface area (Å²) in [7, 11) is 3.14. The van der Waals surface area contributed by atoms with Gasteiger partial charge in [0.1, 0.15) is 12.6 Å². The highest BCUT2D eigenvalue weighted by Crippen LogP contribution is 2.04. The molecule has 1 aliphatic heterocycles. The zero-order chi connectivity index (χ0) is 13.4. The molecule has 7 nitrogen and oxygen atoms in total. The van der Waals surface area contributed by atoms with Crippen LogP contribution in [-0.2, 0) is 19.1 Å². The van der Waals surface area contributed by atoms with Crippen LogP contribution in [0.2, 0.25) is 0 Å². The zero-order valence-electron chi connectivity index (χ0n) is 10.9. The second-order valence-corrected chi connectivity index (χ2v) is 3.97. The summed E-state index contributed by atoms with van der Waals surface area (Å²) in [5.74, 6) is -0.325. The largest absolute Gasteiger partial charge is 0.382 e. The number of nitrogens with one attached hydrogen (secondary N) is 2. The molecule has 2 amide bonds. The Morgan fingerprint density at radius 3 is 2.89 bits per heavy atom. The van der Waals surface area contributed by atoms with E-state index in [1.807, 2.05) is 0 Å². The summed E-state index contributed by atoms with van der Waals surface area (Å²) in [5, 5.41) is 5.66. The highest BCUT2D eigenvalue weighted by Gasteiger charge is 2.31. The van der Waals surface area contributed by atoms with Crippen LogP contribution in [-0.4, -0.2) is 76.4 Å². The molecule has 1 rings (SSSR count). The second-order valence-electron chi connectivity index (χ2n) is 3.97. The molecule has 1 unspecified atom stereocenters. The van der Waals surface area contributed by atoms with E-state index >= 15 is 0 Å². The van der Waals surface area contributed by atoms with Crippen molar-refractivity contribution in [3.05, 3.63) is 0 Å². The van der Waals surface area contributed by atoms with Gasteiger partial charge in [-0.25, -0.2) is 0 Å². The van der Waals surface area contributed by atoms with Crippen LogP contribution in [0.4, 0.5) is 0 Å². The fourth-order valence-corrected chi connectivity index (χ4v) is 1.79. The van der Waals surface area contributed by atoms with E-state index in [0.717, 1.165) is 0 Å². The number of ether oxygens (including phenoxy) is 2. The highest BCUT2D eigenvalue weighted by molar-refractivity contribution is 5.88. The molecule has 0 aliphatic carbocycles. The van der Waals surface area contributed by atoms with Crippen molar-refractivity contribution >= 4 is 11.8 Å². The fourth-order valence-electron chi connectivity index (χ4n) is 1.79. The quantitative estimate of drug-likeness (QED) is 0.550. The Labute approximate surface area is 107 Å². The Morgan fingerprint density at radius 1 is 1.44 bits per heavy atom. The Kier molecular flexibility index (Phi) is 6.63. The van der Waals surface area contributed by atoms with Gasteiger partial charge in [-0.05, 0) is 0 Å². The lowest BCUT2D eigenvalue weighted by atomic mass is 10.1. The van der Waals surface area contributed by atoms with E-state index in [9.17, 15) is 9.59 Å². The van der Waals surface area contributed by atoms with Crippen LogP contribution in [0, 0.1) is 0 Å². The third kappa shape index (κ3) is 4.25. The number of nitrogens with zero attached hydrogens (tertiary/aromatic N) is 1. The summed E-state index contributed by atoms with van der Waals surface area (Å²) >= 11 is 0. The molecular weight excluding hydrogens is 238 g/mol. The summed E-state index contributed by atoms with van der Waals surface area (Å²) in [4.78, 5) is 25.2. The molecule has 104 valence electrons. The maximum absolute atomic E-state index is 11.9. The molecule has 0 radical (unpaired) electrons. The normalized spacial score (nSPS) is 19.7. The first kappa shape index (κ1) is 14.9. The average molecular weight is 259 g/mol. The summed E-state index contributed by atoms with van der Waals surface area (Å²) in [6, 6.07) is -0.456. The van der Waals surface area contributed by atoms with Crippen molar-refractivity contribution in [3.63, 3.8) is 0 Å². The summed E-state index contributed by atoms with van der Waals surface area (Å²) in [6.45, 7) is 2.49. The molecule has 2 N–H and O–H groups in total. The van der Waals surface area contributed by atoms with E-state index in [1.54, 1.807) is 19.1 Å². The summed E-state index contributed by atoms with van der Waals surface area (Å²) in [5.41, 5.74) is 0.